The Morgan fingerprint density at radius 3 is 2.41 bits per heavy atom. The van der Waals surface area contributed by atoms with Crippen molar-refractivity contribution >= 4 is 41.0 Å². The van der Waals surface area contributed by atoms with E-state index in [1.54, 1.807) is 0 Å². The highest BCUT2D eigenvalue weighted by Gasteiger charge is 2.13. The highest BCUT2D eigenvalue weighted by atomic mass is 35.5. The van der Waals surface area contributed by atoms with Gasteiger partial charge >= 0.3 is 5.97 Å². The molecule has 2 amide bonds. The molecule has 1 atom stereocenters. The van der Waals surface area contributed by atoms with E-state index < -0.39 is 24.4 Å². The van der Waals surface area contributed by atoms with Gasteiger partial charge in [0, 0.05) is 5.56 Å². The van der Waals surface area contributed by atoms with E-state index in [-0.39, 0.29) is 23.2 Å². The second kappa shape index (κ2) is 9.94. The number of hydrogen-bond acceptors (Lipinski definition) is 4. The molecule has 27 heavy (non-hydrogen) atoms. The van der Waals surface area contributed by atoms with Gasteiger partial charge in [0.25, 0.3) is 11.8 Å². The Morgan fingerprint density at radius 2 is 1.74 bits per heavy atom. The predicted molar refractivity (Wildman–Crippen MR) is 103 cm³/mol. The van der Waals surface area contributed by atoms with E-state index in [1.165, 1.54) is 18.2 Å². The second-order valence-electron chi connectivity index (χ2n) is 5.67. The quantitative estimate of drug-likeness (QED) is 0.689. The molecule has 0 heterocycles. The van der Waals surface area contributed by atoms with Gasteiger partial charge in [-0.1, -0.05) is 53.5 Å². The molecular weight excluding hydrogens is 391 g/mol. The zero-order valence-corrected chi connectivity index (χ0v) is 16.0. The first-order valence-electron chi connectivity index (χ1n) is 8.10. The van der Waals surface area contributed by atoms with E-state index in [1.807, 2.05) is 37.3 Å². The highest BCUT2D eigenvalue weighted by Crippen LogP contribution is 2.22. The summed E-state index contributed by atoms with van der Waals surface area (Å²) in [5.74, 6) is -1.67. The molecule has 0 aromatic heterocycles. The van der Waals surface area contributed by atoms with Crippen molar-refractivity contribution < 1.29 is 19.1 Å². The van der Waals surface area contributed by atoms with Crippen LogP contribution in [0, 0.1) is 0 Å². The van der Waals surface area contributed by atoms with Crippen molar-refractivity contribution in [2.45, 2.75) is 13.0 Å². The van der Waals surface area contributed by atoms with Crippen molar-refractivity contribution in [3.05, 3.63) is 69.7 Å². The van der Waals surface area contributed by atoms with Gasteiger partial charge in [-0.3, -0.25) is 14.4 Å². The molecule has 6 nitrogen and oxygen atoms in total. The number of ether oxygens (including phenoxy) is 1. The van der Waals surface area contributed by atoms with Crippen molar-refractivity contribution in [1.82, 2.24) is 10.6 Å². The number of halogens is 2. The number of carbonyl (C=O) groups excluding carboxylic acids is 3. The van der Waals surface area contributed by atoms with Crippen LogP contribution in [-0.4, -0.2) is 30.9 Å². The van der Waals surface area contributed by atoms with Gasteiger partial charge in [-0.25, -0.2) is 0 Å². The lowest BCUT2D eigenvalue weighted by molar-refractivity contribution is -0.147. The van der Waals surface area contributed by atoms with Crippen molar-refractivity contribution in [3.63, 3.8) is 0 Å². The summed E-state index contributed by atoms with van der Waals surface area (Å²) >= 11 is 11.6. The van der Waals surface area contributed by atoms with E-state index in [0.717, 1.165) is 5.56 Å². The minimum Gasteiger partial charge on any atom is -0.454 e. The topological polar surface area (TPSA) is 84.5 Å². The molecule has 142 valence electrons. The van der Waals surface area contributed by atoms with Gasteiger partial charge in [0.05, 0.1) is 16.1 Å². The minimum absolute atomic E-state index is 0.216. The van der Waals surface area contributed by atoms with Crippen LogP contribution in [0.1, 0.15) is 28.9 Å². The molecule has 0 aliphatic rings. The van der Waals surface area contributed by atoms with Gasteiger partial charge in [0.2, 0.25) is 0 Å². The molecule has 0 bridgehead atoms. The Hall–Kier alpha value is -2.57. The summed E-state index contributed by atoms with van der Waals surface area (Å²) in [6.45, 7) is 1.02. The second-order valence-corrected chi connectivity index (χ2v) is 6.49. The molecule has 8 heteroatoms. The lowest BCUT2D eigenvalue weighted by Gasteiger charge is -2.14. The van der Waals surface area contributed by atoms with E-state index in [9.17, 15) is 14.4 Å². The van der Waals surface area contributed by atoms with Gasteiger partial charge in [-0.15, -0.1) is 0 Å². The fraction of sp³-hybridized carbons (Fsp3) is 0.211. The first-order valence-corrected chi connectivity index (χ1v) is 8.85. The fourth-order valence-corrected chi connectivity index (χ4v) is 2.50. The lowest BCUT2D eigenvalue weighted by atomic mass is 10.1. The zero-order valence-electron chi connectivity index (χ0n) is 14.5. The molecule has 2 rings (SSSR count). The SMILES string of the molecule is C[C@H](NC(=O)COC(=O)CNC(=O)c1ccc(Cl)c(Cl)c1)c1ccccc1. The van der Waals surface area contributed by atoms with E-state index in [2.05, 4.69) is 10.6 Å². The van der Waals surface area contributed by atoms with Crippen LogP contribution in [0.4, 0.5) is 0 Å². The van der Waals surface area contributed by atoms with Crippen LogP contribution in [0.2, 0.25) is 10.0 Å². The summed E-state index contributed by atoms with van der Waals surface area (Å²) in [7, 11) is 0. The third-order valence-corrected chi connectivity index (χ3v) is 4.36. The smallest absolute Gasteiger partial charge is 0.325 e. The average molecular weight is 409 g/mol. The molecule has 0 saturated heterocycles. The monoisotopic (exact) mass is 408 g/mol. The highest BCUT2D eigenvalue weighted by molar-refractivity contribution is 6.42. The van der Waals surface area contributed by atoms with E-state index in [4.69, 9.17) is 27.9 Å². The summed E-state index contributed by atoms with van der Waals surface area (Å²) < 4.78 is 4.86. The van der Waals surface area contributed by atoms with Crippen molar-refractivity contribution in [1.29, 1.82) is 0 Å². The number of nitrogens with one attached hydrogen (secondary N) is 2. The Balaban J connectivity index is 1.73. The van der Waals surface area contributed by atoms with Gasteiger partial charge in [-0.05, 0) is 30.7 Å². The molecule has 2 aromatic rings. The summed E-state index contributed by atoms with van der Waals surface area (Å²) in [6, 6.07) is 13.5. The zero-order chi connectivity index (χ0) is 19.8. The average Bonchev–Trinajstić information content (AvgIpc) is 2.67. The molecule has 2 N–H and O–H groups in total. The fourth-order valence-electron chi connectivity index (χ4n) is 2.20. The molecule has 0 fully saturated rings. The Bertz CT molecular complexity index is 828. The first kappa shape index (κ1) is 20.7. The van der Waals surface area contributed by atoms with Crippen LogP contribution in [0.5, 0.6) is 0 Å². The van der Waals surface area contributed by atoms with Crippen molar-refractivity contribution in [3.8, 4) is 0 Å². The number of amides is 2. The molecule has 0 spiro atoms. The van der Waals surface area contributed by atoms with Crippen LogP contribution < -0.4 is 10.6 Å². The van der Waals surface area contributed by atoms with Gasteiger partial charge in [-0.2, -0.15) is 0 Å². The molecule has 0 aliphatic carbocycles. The maximum absolute atomic E-state index is 12.0. The largest absolute Gasteiger partial charge is 0.454 e. The standard InChI is InChI=1S/C19H18Cl2N2O4/c1-12(13-5-3-2-4-6-13)23-17(24)11-27-18(25)10-22-19(26)14-7-8-15(20)16(21)9-14/h2-9,12H,10-11H2,1H3,(H,22,26)(H,23,24)/t12-/m0/s1. The lowest BCUT2D eigenvalue weighted by Crippen LogP contribution is -2.34. The molecule has 0 unspecified atom stereocenters. The van der Waals surface area contributed by atoms with Crippen LogP contribution in [-0.2, 0) is 14.3 Å². The molecule has 0 saturated carbocycles. The Kier molecular flexibility index (Phi) is 7.64. The van der Waals surface area contributed by atoms with Gasteiger partial charge in [0.15, 0.2) is 6.61 Å². The number of hydrogen-bond donors (Lipinski definition) is 2. The van der Waals surface area contributed by atoms with E-state index in [0.29, 0.717) is 5.02 Å². The van der Waals surface area contributed by atoms with Gasteiger partial charge in [0.1, 0.15) is 6.54 Å². The minimum atomic E-state index is -0.731. The maximum atomic E-state index is 12.0. The normalized spacial score (nSPS) is 11.4. The van der Waals surface area contributed by atoms with Crippen molar-refractivity contribution in [2.24, 2.45) is 0 Å². The maximum Gasteiger partial charge on any atom is 0.325 e. The number of rotatable bonds is 7. The molecule has 2 aromatic carbocycles. The molecular formula is C19H18Cl2N2O4. The number of carbonyl (C=O) groups is 3. The van der Waals surface area contributed by atoms with Crippen LogP contribution in [0.3, 0.4) is 0 Å². The predicted octanol–water partition coefficient (Wildman–Crippen LogP) is 3.14. The van der Waals surface area contributed by atoms with Crippen LogP contribution in [0.15, 0.2) is 48.5 Å². The van der Waals surface area contributed by atoms with Crippen LogP contribution >= 0.6 is 23.2 Å². The van der Waals surface area contributed by atoms with Crippen LogP contribution in [0.25, 0.3) is 0 Å². The first-order chi connectivity index (χ1) is 12.9. The van der Waals surface area contributed by atoms with Crippen molar-refractivity contribution in [2.75, 3.05) is 13.2 Å². The molecule has 0 aliphatic heterocycles. The Labute approximate surface area is 166 Å². The third kappa shape index (κ3) is 6.58. The number of benzene rings is 2. The summed E-state index contributed by atoms with van der Waals surface area (Å²) in [5.41, 5.74) is 1.19. The summed E-state index contributed by atoms with van der Waals surface area (Å²) in [6.07, 6.45) is 0. The van der Waals surface area contributed by atoms with E-state index >= 15 is 0 Å². The number of esters is 1. The summed E-state index contributed by atoms with van der Waals surface area (Å²) in [4.78, 5) is 35.5. The summed E-state index contributed by atoms with van der Waals surface area (Å²) in [5, 5.41) is 5.67. The third-order valence-electron chi connectivity index (χ3n) is 3.62. The van der Waals surface area contributed by atoms with Gasteiger partial charge < -0.3 is 15.4 Å². The molecule has 0 radical (unpaired) electrons. The Morgan fingerprint density at radius 1 is 1.04 bits per heavy atom.